The van der Waals surface area contributed by atoms with E-state index in [1.54, 1.807) is 21.1 Å². The molecule has 2 atom stereocenters. The number of hydrogen-bond donors (Lipinski definition) is 0. The Hall–Kier alpha value is -1.70. The van der Waals surface area contributed by atoms with Crippen LogP contribution >= 0.6 is 0 Å². The van der Waals surface area contributed by atoms with Crippen LogP contribution in [0.3, 0.4) is 0 Å². The summed E-state index contributed by atoms with van der Waals surface area (Å²) in [7, 11) is -3.54. The van der Waals surface area contributed by atoms with Gasteiger partial charge >= 0.3 is 0 Å². The Morgan fingerprint density at radius 3 is 2.42 bits per heavy atom. The fourth-order valence-corrected chi connectivity index (χ4v) is 5.86. The van der Waals surface area contributed by atoms with E-state index in [2.05, 4.69) is 4.98 Å². The summed E-state index contributed by atoms with van der Waals surface area (Å²) in [5.74, 6) is 0.727. The second-order valence-corrected chi connectivity index (χ2v) is 8.15. The Bertz CT molecular complexity index is 777. The molecular formula is C17H21N3O3S. The Balaban J connectivity index is 1.64. The van der Waals surface area contributed by atoms with Gasteiger partial charge in [0.05, 0.1) is 24.0 Å². The van der Waals surface area contributed by atoms with Crippen molar-refractivity contribution in [1.82, 2.24) is 13.6 Å². The molecule has 0 radical (unpaired) electrons. The molecule has 2 aliphatic rings. The number of hydrogen-bond acceptors (Lipinski definition) is 4. The lowest BCUT2D eigenvalue weighted by Gasteiger charge is -2.31. The molecule has 2 fully saturated rings. The van der Waals surface area contributed by atoms with Crippen LogP contribution in [0, 0.1) is 0 Å². The maximum atomic E-state index is 13.3. The van der Waals surface area contributed by atoms with Crippen molar-refractivity contribution in [3.8, 4) is 0 Å². The van der Waals surface area contributed by atoms with Crippen molar-refractivity contribution in [1.29, 1.82) is 0 Å². The topological polar surface area (TPSA) is 66.7 Å². The predicted octanol–water partition coefficient (Wildman–Crippen LogP) is 2.89. The Morgan fingerprint density at radius 2 is 1.75 bits per heavy atom. The highest BCUT2D eigenvalue weighted by Crippen LogP contribution is 2.40. The summed E-state index contributed by atoms with van der Waals surface area (Å²) in [5.41, 5.74) is 0.826. The summed E-state index contributed by atoms with van der Waals surface area (Å²) in [5, 5.41) is 0. The number of rotatable bonds is 4. The van der Waals surface area contributed by atoms with Crippen LogP contribution in [-0.4, -0.2) is 35.1 Å². The molecule has 0 amide bonds. The van der Waals surface area contributed by atoms with Crippen molar-refractivity contribution in [3.63, 3.8) is 0 Å². The zero-order valence-corrected chi connectivity index (χ0v) is 14.2. The number of pyridine rings is 1. The van der Waals surface area contributed by atoms with E-state index in [-0.39, 0.29) is 12.1 Å². The van der Waals surface area contributed by atoms with Crippen LogP contribution in [0.4, 0.5) is 0 Å². The molecule has 4 heterocycles. The van der Waals surface area contributed by atoms with Gasteiger partial charge < -0.3 is 4.42 Å². The highest BCUT2D eigenvalue weighted by atomic mass is 32.2. The summed E-state index contributed by atoms with van der Waals surface area (Å²) in [4.78, 5) is 4.38. The second kappa shape index (κ2) is 6.31. The molecule has 4 rings (SSSR count). The Labute approximate surface area is 142 Å². The van der Waals surface area contributed by atoms with Crippen LogP contribution in [0.15, 0.2) is 47.2 Å². The molecule has 0 aromatic carbocycles. The van der Waals surface area contributed by atoms with E-state index >= 15 is 0 Å². The van der Waals surface area contributed by atoms with E-state index in [1.807, 2.05) is 30.3 Å². The van der Waals surface area contributed by atoms with Crippen LogP contribution in [0.1, 0.15) is 49.2 Å². The van der Waals surface area contributed by atoms with Gasteiger partial charge in [-0.2, -0.15) is 17.0 Å². The lowest BCUT2D eigenvalue weighted by Crippen LogP contribution is -2.43. The van der Waals surface area contributed by atoms with Crippen molar-refractivity contribution < 1.29 is 12.8 Å². The third-order valence-corrected chi connectivity index (χ3v) is 6.96. The maximum absolute atomic E-state index is 13.3. The third-order valence-electron chi connectivity index (χ3n) is 4.90. The van der Waals surface area contributed by atoms with E-state index in [0.29, 0.717) is 13.1 Å². The van der Waals surface area contributed by atoms with Crippen molar-refractivity contribution in [2.24, 2.45) is 0 Å². The fourth-order valence-electron chi connectivity index (χ4n) is 3.80. The lowest BCUT2D eigenvalue weighted by molar-refractivity contribution is 0.293. The molecule has 6 nitrogen and oxygen atoms in total. The predicted molar refractivity (Wildman–Crippen MR) is 89.2 cm³/mol. The summed E-state index contributed by atoms with van der Waals surface area (Å²) in [6.07, 6.45) is 6.65. The summed E-state index contributed by atoms with van der Waals surface area (Å²) < 4.78 is 35.3. The lowest BCUT2D eigenvalue weighted by atomic mass is 10.1. The minimum atomic E-state index is -3.54. The van der Waals surface area contributed by atoms with Gasteiger partial charge in [0.2, 0.25) is 0 Å². The average molecular weight is 347 g/mol. The van der Waals surface area contributed by atoms with Crippen LogP contribution in [0.25, 0.3) is 0 Å². The van der Waals surface area contributed by atoms with Crippen LogP contribution in [0.2, 0.25) is 0 Å². The second-order valence-electron chi connectivity index (χ2n) is 6.32. The molecule has 24 heavy (non-hydrogen) atoms. The Morgan fingerprint density at radius 1 is 1.00 bits per heavy atom. The highest BCUT2D eigenvalue weighted by Gasteiger charge is 2.44. The minimum Gasteiger partial charge on any atom is -0.468 e. The number of furan rings is 1. The molecule has 2 aromatic rings. The summed E-state index contributed by atoms with van der Waals surface area (Å²) in [6.45, 7) is 1.09. The van der Waals surface area contributed by atoms with E-state index in [1.165, 1.54) is 0 Å². The molecule has 7 heteroatoms. The monoisotopic (exact) mass is 347 g/mol. The summed E-state index contributed by atoms with van der Waals surface area (Å²) in [6, 6.07) is 8.97. The zero-order valence-electron chi connectivity index (χ0n) is 13.4. The zero-order chi connectivity index (χ0) is 16.6. The number of nitrogens with zero attached hydrogens (tertiary/aromatic N) is 3. The number of aromatic nitrogens is 1. The van der Waals surface area contributed by atoms with Crippen molar-refractivity contribution in [2.75, 3.05) is 13.1 Å². The molecule has 2 saturated heterocycles. The SMILES string of the molecule is O=S(=O)(N1CCC[C@@H]1c1ccccn1)N1CCC[C@H]1c1ccco1. The van der Waals surface area contributed by atoms with E-state index in [0.717, 1.165) is 37.1 Å². The van der Waals surface area contributed by atoms with Gasteiger partial charge in [0, 0.05) is 19.3 Å². The smallest absolute Gasteiger partial charge is 0.283 e. The van der Waals surface area contributed by atoms with E-state index < -0.39 is 10.2 Å². The first kappa shape index (κ1) is 15.8. The normalized spacial score (nSPS) is 26.2. The van der Waals surface area contributed by atoms with Gasteiger partial charge in [0.25, 0.3) is 10.2 Å². The van der Waals surface area contributed by atoms with Gasteiger partial charge in [-0.1, -0.05) is 6.07 Å². The van der Waals surface area contributed by atoms with Crippen LogP contribution < -0.4 is 0 Å². The highest BCUT2D eigenvalue weighted by molar-refractivity contribution is 7.86. The first-order valence-electron chi connectivity index (χ1n) is 8.41. The first-order chi connectivity index (χ1) is 11.7. The maximum Gasteiger partial charge on any atom is 0.283 e. The summed E-state index contributed by atoms with van der Waals surface area (Å²) >= 11 is 0. The van der Waals surface area contributed by atoms with E-state index in [9.17, 15) is 8.42 Å². The molecule has 2 aliphatic heterocycles. The van der Waals surface area contributed by atoms with Gasteiger partial charge in [-0.25, -0.2) is 0 Å². The molecule has 2 aromatic heterocycles. The van der Waals surface area contributed by atoms with Crippen molar-refractivity contribution >= 4 is 10.2 Å². The third kappa shape index (κ3) is 2.66. The van der Waals surface area contributed by atoms with Gasteiger partial charge in [0.1, 0.15) is 5.76 Å². The van der Waals surface area contributed by atoms with Crippen LogP contribution in [-0.2, 0) is 10.2 Å². The molecule has 0 saturated carbocycles. The molecule has 0 bridgehead atoms. The van der Waals surface area contributed by atoms with Crippen molar-refractivity contribution in [3.05, 3.63) is 54.2 Å². The quantitative estimate of drug-likeness (QED) is 0.853. The molecule has 0 spiro atoms. The largest absolute Gasteiger partial charge is 0.468 e. The van der Waals surface area contributed by atoms with Crippen molar-refractivity contribution in [2.45, 2.75) is 37.8 Å². The van der Waals surface area contributed by atoms with Gasteiger partial charge in [0.15, 0.2) is 0 Å². The van der Waals surface area contributed by atoms with Gasteiger partial charge in [-0.05, 0) is 49.9 Å². The molecule has 0 unspecified atom stereocenters. The molecule has 128 valence electrons. The Kier molecular flexibility index (Phi) is 4.15. The standard InChI is InChI=1S/C17H21N3O3S/c21-24(22,20-12-4-8-16(20)17-9-5-13-23-17)19-11-3-7-15(19)14-6-1-2-10-18-14/h1-2,5-6,9-10,13,15-16H,3-4,7-8,11-12H2/t15-,16+/m1/s1. The average Bonchev–Trinajstić information content (AvgIpc) is 3.35. The molecule has 0 N–H and O–H groups in total. The van der Waals surface area contributed by atoms with Crippen LogP contribution in [0.5, 0.6) is 0 Å². The van der Waals surface area contributed by atoms with Gasteiger partial charge in [-0.3, -0.25) is 4.98 Å². The first-order valence-corrected chi connectivity index (χ1v) is 9.80. The molecular weight excluding hydrogens is 326 g/mol. The fraction of sp³-hybridized carbons (Fsp3) is 0.471. The minimum absolute atomic E-state index is 0.172. The molecule has 0 aliphatic carbocycles. The van der Waals surface area contributed by atoms with E-state index in [4.69, 9.17) is 4.42 Å². The van der Waals surface area contributed by atoms with Gasteiger partial charge in [-0.15, -0.1) is 0 Å².